The van der Waals surface area contributed by atoms with Gasteiger partial charge in [-0.05, 0) is 39.3 Å². The van der Waals surface area contributed by atoms with Crippen LogP contribution in [-0.4, -0.2) is 63.6 Å². The van der Waals surface area contributed by atoms with Crippen LogP contribution in [0, 0.1) is 0 Å². The van der Waals surface area contributed by atoms with E-state index in [1.807, 2.05) is 20.8 Å². The van der Waals surface area contributed by atoms with Gasteiger partial charge in [0.05, 0.1) is 5.56 Å². The van der Waals surface area contributed by atoms with Gasteiger partial charge < -0.3 is 20.2 Å². The summed E-state index contributed by atoms with van der Waals surface area (Å²) in [6.07, 6.45) is 1.41. The number of nitrogens with one attached hydrogen (secondary N) is 1. The van der Waals surface area contributed by atoms with Crippen LogP contribution in [0.25, 0.3) is 0 Å². The number of anilines is 1. The predicted octanol–water partition coefficient (Wildman–Crippen LogP) is 2.12. The molecule has 0 aliphatic carbocycles. The smallest absolute Gasteiger partial charge is 0.407 e. The topological polar surface area (TPSA) is 85.8 Å². The number of nitrogens with zero attached hydrogens (tertiary/aromatic N) is 3. The Morgan fingerprint density at radius 3 is 2.70 bits per heavy atom. The largest absolute Gasteiger partial charge is 0.465 e. The number of pyridine rings is 1. The van der Waals surface area contributed by atoms with E-state index in [4.69, 9.17) is 5.11 Å². The van der Waals surface area contributed by atoms with Crippen LogP contribution >= 0.6 is 0 Å². The highest BCUT2D eigenvalue weighted by molar-refractivity contribution is 5.99. The summed E-state index contributed by atoms with van der Waals surface area (Å²) in [4.78, 5) is 31.0. The van der Waals surface area contributed by atoms with Crippen LogP contribution < -0.4 is 5.32 Å². The summed E-state index contributed by atoms with van der Waals surface area (Å²) in [5.74, 6) is 0.395. The van der Waals surface area contributed by atoms with Gasteiger partial charge in [0.2, 0.25) is 0 Å². The first kappa shape index (κ1) is 17.1. The van der Waals surface area contributed by atoms with E-state index in [0.29, 0.717) is 30.9 Å². The molecule has 0 saturated carbocycles. The zero-order valence-corrected chi connectivity index (χ0v) is 14.0. The summed E-state index contributed by atoms with van der Waals surface area (Å²) < 4.78 is 0. The fraction of sp³-hybridized carbons (Fsp3) is 0.562. The van der Waals surface area contributed by atoms with Crippen LogP contribution in [0.3, 0.4) is 0 Å². The van der Waals surface area contributed by atoms with E-state index < -0.39 is 6.09 Å². The second-order valence-electron chi connectivity index (χ2n) is 6.79. The van der Waals surface area contributed by atoms with E-state index >= 15 is 0 Å². The highest BCUT2D eigenvalue weighted by Crippen LogP contribution is 2.21. The van der Waals surface area contributed by atoms with Gasteiger partial charge in [0.15, 0.2) is 0 Å². The van der Waals surface area contributed by atoms with E-state index in [1.54, 1.807) is 30.3 Å². The van der Waals surface area contributed by atoms with Gasteiger partial charge in [0.1, 0.15) is 5.82 Å². The molecule has 1 atom stereocenters. The fourth-order valence-electron chi connectivity index (χ4n) is 2.42. The number of aromatic nitrogens is 1. The lowest BCUT2D eigenvalue weighted by atomic mass is 10.1. The number of carbonyl (C=O) groups is 2. The minimum absolute atomic E-state index is 0.0347. The molecule has 1 unspecified atom stereocenters. The summed E-state index contributed by atoms with van der Waals surface area (Å²) in [7, 11) is 1.76. The molecule has 2 N–H and O–H groups in total. The highest BCUT2D eigenvalue weighted by Gasteiger charge is 2.29. The maximum atomic E-state index is 12.7. The number of carbonyl (C=O) groups excluding carboxylic acids is 1. The number of hydrogen-bond acceptors (Lipinski definition) is 4. The first-order chi connectivity index (χ1) is 10.7. The molecule has 1 aliphatic heterocycles. The quantitative estimate of drug-likeness (QED) is 0.891. The fourth-order valence-corrected chi connectivity index (χ4v) is 2.42. The Bertz CT molecular complexity index is 597. The maximum Gasteiger partial charge on any atom is 0.407 e. The van der Waals surface area contributed by atoms with Gasteiger partial charge in [0.25, 0.3) is 5.91 Å². The zero-order chi connectivity index (χ0) is 17.2. The molecule has 126 valence electrons. The van der Waals surface area contributed by atoms with E-state index in [-0.39, 0.29) is 17.5 Å². The molecular formula is C16H24N4O3. The summed E-state index contributed by atoms with van der Waals surface area (Å²) in [6.45, 7) is 6.79. The SMILES string of the molecule is CN(C(=O)c1cccnc1NC1CCN(C(=O)O)C1)C(C)(C)C. The van der Waals surface area contributed by atoms with Gasteiger partial charge in [-0.2, -0.15) is 0 Å². The number of likely N-dealkylation sites (tertiary alicyclic amines) is 1. The third kappa shape index (κ3) is 3.91. The Labute approximate surface area is 136 Å². The highest BCUT2D eigenvalue weighted by atomic mass is 16.4. The van der Waals surface area contributed by atoms with Crippen molar-refractivity contribution >= 4 is 17.8 Å². The third-order valence-electron chi connectivity index (χ3n) is 4.15. The minimum Gasteiger partial charge on any atom is -0.465 e. The molecule has 23 heavy (non-hydrogen) atoms. The van der Waals surface area contributed by atoms with Gasteiger partial charge in [-0.15, -0.1) is 0 Å². The van der Waals surface area contributed by atoms with Crippen molar-refractivity contribution in [1.82, 2.24) is 14.8 Å². The van der Waals surface area contributed by atoms with Crippen LogP contribution in [0.15, 0.2) is 18.3 Å². The summed E-state index contributed by atoms with van der Waals surface area (Å²) in [5.41, 5.74) is 0.205. The summed E-state index contributed by atoms with van der Waals surface area (Å²) in [6, 6.07) is 3.43. The number of carboxylic acid groups (broad SMARTS) is 1. The van der Waals surface area contributed by atoms with Crippen molar-refractivity contribution in [2.45, 2.75) is 38.8 Å². The average molecular weight is 320 g/mol. The predicted molar refractivity (Wildman–Crippen MR) is 87.7 cm³/mol. The van der Waals surface area contributed by atoms with Crippen LogP contribution in [-0.2, 0) is 0 Å². The Balaban J connectivity index is 2.15. The van der Waals surface area contributed by atoms with Crippen LogP contribution in [0.4, 0.5) is 10.6 Å². The molecule has 1 saturated heterocycles. The normalized spacial score (nSPS) is 17.9. The molecule has 1 aromatic rings. The molecule has 7 heteroatoms. The lowest BCUT2D eigenvalue weighted by molar-refractivity contribution is 0.0656. The van der Waals surface area contributed by atoms with Gasteiger partial charge in [-0.25, -0.2) is 9.78 Å². The lowest BCUT2D eigenvalue weighted by Gasteiger charge is -2.32. The third-order valence-corrected chi connectivity index (χ3v) is 4.15. The van der Waals surface area contributed by atoms with Crippen LogP contribution in [0.1, 0.15) is 37.6 Å². The number of amides is 2. The van der Waals surface area contributed by atoms with Crippen LogP contribution in [0.5, 0.6) is 0 Å². The van der Waals surface area contributed by atoms with Crippen molar-refractivity contribution in [1.29, 1.82) is 0 Å². The van der Waals surface area contributed by atoms with Crippen molar-refractivity contribution in [3.63, 3.8) is 0 Å². The standard InChI is InChI=1S/C16H24N4O3/c1-16(2,3)19(4)14(21)12-6-5-8-17-13(12)18-11-7-9-20(10-11)15(22)23/h5-6,8,11H,7,9-10H2,1-4H3,(H,17,18)(H,22,23). The maximum absolute atomic E-state index is 12.7. The monoisotopic (exact) mass is 320 g/mol. The first-order valence-electron chi connectivity index (χ1n) is 7.67. The van der Waals surface area contributed by atoms with Crippen LogP contribution in [0.2, 0.25) is 0 Å². The molecule has 0 bridgehead atoms. The summed E-state index contributed by atoms with van der Waals surface area (Å²) >= 11 is 0. The van der Waals surface area contributed by atoms with Gasteiger partial charge in [-0.1, -0.05) is 0 Å². The van der Waals surface area contributed by atoms with Gasteiger partial charge in [0, 0.05) is 37.9 Å². The lowest BCUT2D eigenvalue weighted by Crippen LogP contribution is -2.43. The Hall–Kier alpha value is -2.31. The van der Waals surface area contributed by atoms with Gasteiger partial charge in [-0.3, -0.25) is 4.79 Å². The molecule has 1 aliphatic rings. The van der Waals surface area contributed by atoms with Crippen molar-refractivity contribution in [3.05, 3.63) is 23.9 Å². The average Bonchev–Trinajstić information content (AvgIpc) is 2.94. The van der Waals surface area contributed by atoms with E-state index in [1.165, 1.54) is 4.90 Å². The minimum atomic E-state index is -0.918. The Kier molecular flexibility index (Phi) is 4.77. The molecule has 0 radical (unpaired) electrons. The van der Waals surface area contributed by atoms with E-state index in [0.717, 1.165) is 0 Å². The number of hydrogen-bond donors (Lipinski definition) is 2. The van der Waals surface area contributed by atoms with Crippen molar-refractivity contribution in [2.24, 2.45) is 0 Å². The molecule has 1 aromatic heterocycles. The van der Waals surface area contributed by atoms with Crippen molar-refractivity contribution in [2.75, 3.05) is 25.5 Å². The molecule has 2 heterocycles. The molecule has 7 nitrogen and oxygen atoms in total. The Morgan fingerprint density at radius 1 is 1.43 bits per heavy atom. The molecule has 2 amide bonds. The first-order valence-corrected chi connectivity index (χ1v) is 7.67. The zero-order valence-electron chi connectivity index (χ0n) is 14.0. The van der Waals surface area contributed by atoms with Gasteiger partial charge >= 0.3 is 6.09 Å². The molecule has 0 spiro atoms. The summed E-state index contributed by atoms with van der Waals surface area (Å²) in [5, 5.41) is 12.2. The van der Waals surface area contributed by atoms with E-state index in [9.17, 15) is 9.59 Å². The molecule has 1 fully saturated rings. The van der Waals surface area contributed by atoms with E-state index in [2.05, 4.69) is 10.3 Å². The van der Waals surface area contributed by atoms with Crippen molar-refractivity contribution < 1.29 is 14.7 Å². The molecule has 2 rings (SSSR count). The second-order valence-corrected chi connectivity index (χ2v) is 6.79. The number of rotatable bonds is 3. The molecular weight excluding hydrogens is 296 g/mol. The molecule has 0 aromatic carbocycles. The second kappa shape index (κ2) is 6.44. The van der Waals surface area contributed by atoms with Crippen molar-refractivity contribution in [3.8, 4) is 0 Å². The Morgan fingerprint density at radius 2 is 2.13 bits per heavy atom.